The standard InChI is InChI=1S/C33H29F2N3O4S2.H3N/c1-3-42-32(39)28-18-43-33(36-28)38-29(16-20-6-7-20)25(14-21-8-13-30(44(40)41)27(35)15-21)31(37-38)23-11-12-26(34)24(17-23)22-9-4-19(2)5-10-22;/h4-5,8-13,15,17-18,20,44H,3,6-7,14,16H2,1-2H3;1H3. The van der Waals surface area contributed by atoms with Crippen LogP contribution in [0.15, 0.2) is 70.9 Å². The fraction of sp³-hybridized carbons (Fsp3) is 0.242. The van der Waals surface area contributed by atoms with Crippen LogP contribution in [0.3, 0.4) is 0 Å². The Balaban J connectivity index is 0.00000400. The molecule has 3 N–H and O–H groups in total. The molecular weight excluding hydrogens is 619 g/mol. The van der Waals surface area contributed by atoms with Crippen LogP contribution in [-0.2, 0) is 32.9 Å². The molecule has 1 fully saturated rings. The monoisotopic (exact) mass is 650 g/mol. The summed E-state index contributed by atoms with van der Waals surface area (Å²) < 4.78 is 59.7. The van der Waals surface area contributed by atoms with E-state index >= 15 is 4.39 Å². The Bertz CT molecular complexity index is 1880. The molecule has 1 aliphatic carbocycles. The van der Waals surface area contributed by atoms with E-state index in [9.17, 15) is 17.9 Å². The number of carbonyl (C=O) groups is 1. The number of hydrogen-bond acceptors (Lipinski definition) is 8. The van der Waals surface area contributed by atoms with Gasteiger partial charge < -0.3 is 15.4 Å². The molecule has 1 unspecified atom stereocenters. The maximum Gasteiger partial charge on any atom is 0.357 e. The summed E-state index contributed by atoms with van der Waals surface area (Å²) in [5.74, 6) is -1.29. The van der Waals surface area contributed by atoms with Crippen molar-refractivity contribution in [3.8, 4) is 27.5 Å². The molecule has 0 amide bonds. The Morgan fingerprint density at radius 2 is 1.80 bits per heavy atom. The van der Waals surface area contributed by atoms with Gasteiger partial charge in [-0.2, -0.15) is 5.10 Å². The second-order valence-corrected chi connectivity index (χ2v) is 12.7. The third-order valence-electron chi connectivity index (χ3n) is 7.62. The van der Waals surface area contributed by atoms with Gasteiger partial charge in [0.1, 0.15) is 5.82 Å². The van der Waals surface area contributed by atoms with Crippen LogP contribution in [0.1, 0.15) is 52.6 Å². The normalized spacial score (nSPS) is 13.4. The number of esters is 1. The number of thiazole rings is 1. The highest BCUT2D eigenvalue weighted by molar-refractivity contribution is 7.79. The minimum atomic E-state index is -3.08. The van der Waals surface area contributed by atoms with Crippen molar-refractivity contribution in [2.45, 2.75) is 44.4 Å². The lowest BCUT2D eigenvalue weighted by molar-refractivity contribution is 0.0520. The smallest absolute Gasteiger partial charge is 0.357 e. The Hall–Kier alpha value is -4.10. The summed E-state index contributed by atoms with van der Waals surface area (Å²) in [7, 11) is 0. The van der Waals surface area contributed by atoms with E-state index in [-0.39, 0.29) is 35.6 Å². The molecule has 0 bridgehead atoms. The first kappa shape index (κ1) is 32.3. The first-order valence-electron chi connectivity index (χ1n) is 14.3. The van der Waals surface area contributed by atoms with Gasteiger partial charge >= 0.3 is 5.97 Å². The summed E-state index contributed by atoms with van der Waals surface area (Å²) in [6.07, 6.45) is 3.03. The highest BCUT2D eigenvalue weighted by atomic mass is 32.2. The highest BCUT2D eigenvalue weighted by Crippen LogP contribution is 2.39. The van der Waals surface area contributed by atoms with Crippen LogP contribution in [0.4, 0.5) is 8.78 Å². The average molecular weight is 651 g/mol. The Labute approximate surface area is 266 Å². The van der Waals surface area contributed by atoms with Crippen molar-refractivity contribution in [3.63, 3.8) is 0 Å². The third-order valence-corrected chi connectivity index (χ3v) is 9.19. The van der Waals surface area contributed by atoms with Crippen molar-refractivity contribution in [3.05, 3.63) is 106 Å². The van der Waals surface area contributed by atoms with Crippen LogP contribution in [0.5, 0.6) is 0 Å². The maximum absolute atomic E-state index is 15.2. The second kappa shape index (κ2) is 13.5. The summed E-state index contributed by atoms with van der Waals surface area (Å²) in [6.45, 7) is 3.91. The van der Waals surface area contributed by atoms with E-state index in [1.165, 1.54) is 29.5 Å². The molecule has 45 heavy (non-hydrogen) atoms. The summed E-state index contributed by atoms with van der Waals surface area (Å²) in [4.78, 5) is 16.6. The SMILES string of the molecule is CCOC(=O)c1csc(-n2nc(-c3ccc(F)c(-c4ccc(C)cc4)c3)c(Cc3ccc([SH+](=O)[O-])c(F)c3)c2CC2CC2)n1.N. The van der Waals surface area contributed by atoms with E-state index in [2.05, 4.69) is 4.98 Å². The van der Waals surface area contributed by atoms with E-state index < -0.39 is 22.9 Å². The number of benzene rings is 3. The van der Waals surface area contributed by atoms with Gasteiger partial charge in [-0.25, -0.2) is 23.2 Å². The lowest BCUT2D eigenvalue weighted by Gasteiger charge is -2.10. The number of rotatable bonds is 10. The first-order valence-corrected chi connectivity index (χ1v) is 16.3. The van der Waals surface area contributed by atoms with Gasteiger partial charge in [0.2, 0.25) is 5.13 Å². The zero-order valence-corrected chi connectivity index (χ0v) is 26.5. The summed E-state index contributed by atoms with van der Waals surface area (Å²) in [5.41, 5.74) is 5.82. The number of nitrogens with zero attached hydrogens (tertiary/aromatic N) is 3. The molecule has 8 nitrogen and oxygen atoms in total. The maximum atomic E-state index is 15.2. The van der Waals surface area contributed by atoms with Crippen LogP contribution in [-0.4, -0.2) is 31.9 Å². The third kappa shape index (κ3) is 6.94. The number of ether oxygens (including phenoxy) is 1. The lowest BCUT2D eigenvalue weighted by atomic mass is 9.94. The lowest BCUT2D eigenvalue weighted by Crippen LogP contribution is -2.08. The van der Waals surface area contributed by atoms with Crippen molar-refractivity contribution in [1.82, 2.24) is 20.9 Å². The van der Waals surface area contributed by atoms with E-state index in [0.29, 0.717) is 39.9 Å². The number of aromatic nitrogens is 3. The predicted octanol–water partition coefficient (Wildman–Crippen LogP) is 7.32. The highest BCUT2D eigenvalue weighted by Gasteiger charge is 2.30. The molecule has 0 spiro atoms. The molecule has 1 saturated carbocycles. The van der Waals surface area contributed by atoms with Crippen molar-refractivity contribution in [1.29, 1.82) is 0 Å². The molecule has 234 valence electrons. The minimum Gasteiger partial charge on any atom is -0.612 e. The predicted molar refractivity (Wildman–Crippen MR) is 170 cm³/mol. The largest absolute Gasteiger partial charge is 0.612 e. The average Bonchev–Trinajstić information content (AvgIpc) is 3.56. The van der Waals surface area contributed by atoms with E-state index in [0.717, 1.165) is 35.2 Å². The fourth-order valence-corrected chi connectivity index (χ4v) is 6.37. The zero-order valence-electron chi connectivity index (χ0n) is 24.8. The van der Waals surface area contributed by atoms with Crippen molar-refractivity contribution in [2.24, 2.45) is 5.92 Å². The van der Waals surface area contributed by atoms with Gasteiger partial charge in [0.15, 0.2) is 16.4 Å². The van der Waals surface area contributed by atoms with Crippen LogP contribution in [0, 0.1) is 24.5 Å². The minimum absolute atomic E-state index is 0. The molecule has 1 atom stereocenters. The van der Waals surface area contributed by atoms with Crippen LogP contribution < -0.4 is 6.15 Å². The molecule has 0 saturated heterocycles. The Morgan fingerprint density at radius 3 is 2.47 bits per heavy atom. The van der Waals surface area contributed by atoms with Gasteiger partial charge in [-0.15, -0.1) is 15.5 Å². The number of aryl methyl sites for hydroxylation is 1. The van der Waals surface area contributed by atoms with Crippen LogP contribution in [0.2, 0.25) is 0 Å². The second-order valence-electron chi connectivity index (χ2n) is 10.8. The van der Waals surface area contributed by atoms with E-state index in [4.69, 9.17) is 9.84 Å². The number of halogens is 2. The summed E-state index contributed by atoms with van der Waals surface area (Å²) in [6, 6.07) is 16.5. The molecule has 3 aromatic carbocycles. The van der Waals surface area contributed by atoms with E-state index in [1.54, 1.807) is 35.2 Å². The summed E-state index contributed by atoms with van der Waals surface area (Å²) >= 11 is -1.82. The molecule has 2 aromatic heterocycles. The quantitative estimate of drug-likeness (QED) is 0.0952. The van der Waals surface area contributed by atoms with Crippen molar-refractivity contribution in [2.75, 3.05) is 6.61 Å². The number of thiol groups is 1. The Kier molecular flexibility index (Phi) is 9.68. The van der Waals surface area contributed by atoms with Gasteiger partial charge in [-0.05, 0) is 80.5 Å². The van der Waals surface area contributed by atoms with Gasteiger partial charge in [0, 0.05) is 28.5 Å². The molecule has 1 aliphatic rings. The zero-order chi connectivity index (χ0) is 31.0. The molecule has 2 heterocycles. The molecule has 6 rings (SSSR count). The fourth-order valence-electron chi connectivity index (χ4n) is 5.17. The summed E-state index contributed by atoms with van der Waals surface area (Å²) in [5, 5.41) is 7.09. The topological polar surface area (TPSA) is 132 Å². The van der Waals surface area contributed by atoms with Crippen LogP contribution >= 0.6 is 11.3 Å². The molecule has 0 radical (unpaired) electrons. The van der Waals surface area contributed by atoms with Gasteiger partial charge in [0.25, 0.3) is 0 Å². The van der Waals surface area contributed by atoms with Gasteiger partial charge in [-0.3, -0.25) is 0 Å². The molecular formula is C33H32F2N4O4S2. The first-order chi connectivity index (χ1) is 21.2. The molecule has 12 heteroatoms. The van der Waals surface area contributed by atoms with Crippen molar-refractivity contribution >= 4 is 28.4 Å². The molecule has 5 aromatic rings. The van der Waals surface area contributed by atoms with Gasteiger partial charge in [-0.1, -0.05) is 35.9 Å². The molecule has 0 aliphatic heterocycles. The number of hydrogen-bond donors (Lipinski definition) is 1. The van der Waals surface area contributed by atoms with Gasteiger partial charge in [0.05, 0.1) is 29.1 Å². The Morgan fingerprint density at radius 1 is 1.07 bits per heavy atom. The van der Waals surface area contributed by atoms with Crippen LogP contribution in [0.25, 0.3) is 27.5 Å². The van der Waals surface area contributed by atoms with E-state index in [1.807, 2.05) is 31.2 Å². The van der Waals surface area contributed by atoms with Crippen molar-refractivity contribution < 1.29 is 27.1 Å². The number of carbonyl (C=O) groups excluding carboxylic acids is 1.